The molecule has 0 radical (unpaired) electrons. The molecule has 4 rings (SSSR count). The SMILES string of the molecule is O=C(COc1ccc2c(=O)c(Oc3ccccc3Cl)coc2c1)Nc1ccccc1. The maximum absolute atomic E-state index is 12.7. The predicted octanol–water partition coefficient (Wildman–Crippen LogP) is 5.26. The number of halogens is 1. The van der Waals surface area contributed by atoms with Gasteiger partial charge in [-0.3, -0.25) is 9.59 Å². The molecule has 0 unspecified atom stereocenters. The Balaban J connectivity index is 1.47. The molecular weight excluding hydrogens is 406 g/mol. The number of hydrogen-bond acceptors (Lipinski definition) is 5. The summed E-state index contributed by atoms with van der Waals surface area (Å²) in [4.78, 5) is 24.7. The number of anilines is 1. The lowest BCUT2D eigenvalue weighted by Crippen LogP contribution is -2.20. The number of amides is 1. The quantitative estimate of drug-likeness (QED) is 0.459. The summed E-state index contributed by atoms with van der Waals surface area (Å²) in [7, 11) is 0. The van der Waals surface area contributed by atoms with Crippen molar-refractivity contribution in [2.24, 2.45) is 0 Å². The van der Waals surface area contributed by atoms with E-state index >= 15 is 0 Å². The van der Waals surface area contributed by atoms with Gasteiger partial charge in [-0.15, -0.1) is 0 Å². The average Bonchev–Trinajstić information content (AvgIpc) is 2.76. The summed E-state index contributed by atoms with van der Waals surface area (Å²) in [6.45, 7) is -0.182. The van der Waals surface area contributed by atoms with E-state index in [4.69, 9.17) is 25.5 Å². The van der Waals surface area contributed by atoms with Crippen LogP contribution in [0.2, 0.25) is 5.02 Å². The normalized spacial score (nSPS) is 10.6. The van der Waals surface area contributed by atoms with Crippen LogP contribution < -0.4 is 20.2 Å². The topological polar surface area (TPSA) is 77.8 Å². The minimum Gasteiger partial charge on any atom is -0.484 e. The number of benzene rings is 3. The number of ether oxygens (including phenoxy) is 2. The highest BCUT2D eigenvalue weighted by molar-refractivity contribution is 6.32. The summed E-state index contributed by atoms with van der Waals surface area (Å²) in [5, 5.41) is 3.43. The van der Waals surface area contributed by atoms with Gasteiger partial charge in [-0.05, 0) is 36.4 Å². The third-order valence-electron chi connectivity index (χ3n) is 4.20. The second kappa shape index (κ2) is 8.71. The Hall–Kier alpha value is -3.77. The predicted molar refractivity (Wildman–Crippen MR) is 115 cm³/mol. The van der Waals surface area contributed by atoms with Gasteiger partial charge in [0.25, 0.3) is 5.91 Å². The number of carbonyl (C=O) groups excluding carboxylic acids is 1. The van der Waals surface area contributed by atoms with Crippen molar-refractivity contribution in [3.63, 3.8) is 0 Å². The van der Waals surface area contributed by atoms with Crippen LogP contribution in [0.25, 0.3) is 11.0 Å². The van der Waals surface area contributed by atoms with Crippen LogP contribution in [0.15, 0.2) is 88.3 Å². The Morgan fingerprint density at radius 2 is 1.73 bits per heavy atom. The molecule has 1 heterocycles. The first-order chi connectivity index (χ1) is 14.6. The van der Waals surface area contributed by atoms with Crippen molar-refractivity contribution in [2.75, 3.05) is 11.9 Å². The molecule has 0 aliphatic rings. The molecule has 1 amide bonds. The van der Waals surface area contributed by atoms with Crippen LogP contribution in [-0.4, -0.2) is 12.5 Å². The van der Waals surface area contributed by atoms with Gasteiger partial charge in [0.1, 0.15) is 23.3 Å². The fourth-order valence-corrected chi connectivity index (χ4v) is 2.94. The number of carbonyl (C=O) groups is 1. The Morgan fingerprint density at radius 1 is 0.967 bits per heavy atom. The Morgan fingerprint density at radius 3 is 2.53 bits per heavy atom. The molecule has 0 saturated heterocycles. The van der Waals surface area contributed by atoms with Gasteiger partial charge in [-0.1, -0.05) is 41.9 Å². The second-order valence-electron chi connectivity index (χ2n) is 6.32. The molecule has 7 heteroatoms. The lowest BCUT2D eigenvalue weighted by molar-refractivity contribution is -0.118. The molecule has 0 aliphatic heterocycles. The summed E-state index contributed by atoms with van der Waals surface area (Å²) in [5.74, 6) is 0.474. The summed E-state index contributed by atoms with van der Waals surface area (Å²) in [6.07, 6.45) is 1.22. The van der Waals surface area contributed by atoms with Crippen molar-refractivity contribution in [2.45, 2.75) is 0 Å². The highest BCUT2D eigenvalue weighted by atomic mass is 35.5. The van der Waals surface area contributed by atoms with Crippen LogP contribution in [0.1, 0.15) is 0 Å². The molecule has 0 fully saturated rings. The van der Waals surface area contributed by atoms with Crippen molar-refractivity contribution < 1.29 is 18.7 Å². The molecule has 0 spiro atoms. The molecule has 0 bridgehead atoms. The molecule has 6 nitrogen and oxygen atoms in total. The third kappa shape index (κ3) is 4.45. The summed E-state index contributed by atoms with van der Waals surface area (Å²) in [5.41, 5.74) is 0.652. The molecule has 1 aromatic heterocycles. The van der Waals surface area contributed by atoms with Crippen molar-refractivity contribution in [3.8, 4) is 17.2 Å². The second-order valence-corrected chi connectivity index (χ2v) is 6.73. The number of para-hydroxylation sites is 2. The number of hydrogen-bond donors (Lipinski definition) is 1. The first-order valence-corrected chi connectivity index (χ1v) is 9.43. The standard InChI is InChI=1S/C23H16ClNO5/c24-18-8-4-5-9-19(18)30-21-13-29-20-12-16(10-11-17(20)23(21)27)28-14-22(26)25-15-6-2-1-3-7-15/h1-13H,14H2,(H,25,26). The van der Waals surface area contributed by atoms with Crippen LogP contribution in [0, 0.1) is 0 Å². The van der Waals surface area contributed by atoms with Gasteiger partial charge in [-0.25, -0.2) is 0 Å². The van der Waals surface area contributed by atoms with Gasteiger partial charge in [-0.2, -0.15) is 0 Å². The van der Waals surface area contributed by atoms with Crippen LogP contribution in [0.3, 0.4) is 0 Å². The number of fused-ring (bicyclic) bond motifs is 1. The third-order valence-corrected chi connectivity index (χ3v) is 4.51. The zero-order valence-electron chi connectivity index (χ0n) is 15.6. The molecule has 0 atom stereocenters. The number of nitrogens with one attached hydrogen (secondary N) is 1. The van der Waals surface area contributed by atoms with Crippen LogP contribution in [0.5, 0.6) is 17.2 Å². The van der Waals surface area contributed by atoms with E-state index in [0.717, 1.165) is 0 Å². The van der Waals surface area contributed by atoms with Gasteiger partial charge in [0, 0.05) is 11.8 Å². The highest BCUT2D eigenvalue weighted by Crippen LogP contribution is 2.29. The van der Waals surface area contributed by atoms with E-state index in [0.29, 0.717) is 33.2 Å². The zero-order valence-corrected chi connectivity index (χ0v) is 16.4. The molecule has 30 heavy (non-hydrogen) atoms. The van der Waals surface area contributed by atoms with Gasteiger partial charge >= 0.3 is 0 Å². The van der Waals surface area contributed by atoms with Gasteiger partial charge < -0.3 is 19.2 Å². The fraction of sp³-hybridized carbons (Fsp3) is 0.0435. The lowest BCUT2D eigenvalue weighted by atomic mass is 10.2. The first-order valence-electron chi connectivity index (χ1n) is 9.06. The Bertz CT molecular complexity index is 1250. The Labute approximate surface area is 176 Å². The minimum atomic E-state index is -0.343. The van der Waals surface area contributed by atoms with E-state index in [1.54, 1.807) is 54.6 Å². The van der Waals surface area contributed by atoms with Crippen molar-refractivity contribution in [3.05, 3.63) is 94.3 Å². The lowest BCUT2D eigenvalue weighted by Gasteiger charge is -2.09. The summed E-state index contributed by atoms with van der Waals surface area (Å²) >= 11 is 6.07. The van der Waals surface area contributed by atoms with Gasteiger partial charge in [0.15, 0.2) is 6.61 Å². The minimum absolute atomic E-state index is 0.0199. The van der Waals surface area contributed by atoms with Crippen LogP contribution in [-0.2, 0) is 4.79 Å². The largest absolute Gasteiger partial charge is 0.484 e. The van der Waals surface area contributed by atoms with Crippen LogP contribution >= 0.6 is 11.6 Å². The maximum Gasteiger partial charge on any atom is 0.262 e. The highest BCUT2D eigenvalue weighted by Gasteiger charge is 2.12. The van der Waals surface area contributed by atoms with Crippen LogP contribution in [0.4, 0.5) is 5.69 Å². The van der Waals surface area contributed by atoms with E-state index in [2.05, 4.69) is 5.32 Å². The molecule has 3 aromatic carbocycles. The molecule has 4 aromatic rings. The zero-order chi connectivity index (χ0) is 20.9. The van der Waals surface area contributed by atoms with Crippen molar-refractivity contribution >= 4 is 34.2 Å². The van der Waals surface area contributed by atoms with Crippen molar-refractivity contribution in [1.82, 2.24) is 0 Å². The van der Waals surface area contributed by atoms with E-state index in [-0.39, 0.29) is 23.7 Å². The van der Waals surface area contributed by atoms with Gasteiger partial charge in [0.2, 0.25) is 11.2 Å². The molecule has 0 aliphatic carbocycles. The smallest absolute Gasteiger partial charge is 0.262 e. The molecular formula is C23H16ClNO5. The fourth-order valence-electron chi connectivity index (χ4n) is 2.76. The Kier molecular flexibility index (Phi) is 5.68. The van der Waals surface area contributed by atoms with E-state index in [1.807, 2.05) is 18.2 Å². The summed E-state index contributed by atoms with van der Waals surface area (Å²) < 4.78 is 16.6. The first kappa shape index (κ1) is 19.5. The molecule has 0 saturated carbocycles. The summed E-state index contributed by atoms with van der Waals surface area (Å²) in [6, 6.07) is 20.6. The van der Waals surface area contributed by atoms with E-state index in [9.17, 15) is 9.59 Å². The number of rotatable bonds is 6. The van der Waals surface area contributed by atoms with Gasteiger partial charge in [0.05, 0.1) is 10.4 Å². The van der Waals surface area contributed by atoms with E-state index in [1.165, 1.54) is 6.26 Å². The van der Waals surface area contributed by atoms with Crippen molar-refractivity contribution in [1.29, 1.82) is 0 Å². The molecule has 150 valence electrons. The molecule has 1 N–H and O–H groups in total. The maximum atomic E-state index is 12.7. The average molecular weight is 422 g/mol. The monoisotopic (exact) mass is 421 g/mol. The van der Waals surface area contributed by atoms with E-state index < -0.39 is 0 Å².